The number of nitrogens with one attached hydrogen (secondary N) is 2. The summed E-state index contributed by atoms with van der Waals surface area (Å²) >= 11 is 0. The lowest BCUT2D eigenvalue weighted by Crippen LogP contribution is -2.88. The molecule has 15 heteroatoms. The van der Waals surface area contributed by atoms with Crippen LogP contribution in [-0.2, 0) is 22.6 Å². The second kappa shape index (κ2) is 15.0. The first-order chi connectivity index (χ1) is 32.8. The highest BCUT2D eigenvalue weighted by Crippen LogP contribution is 2.79. The standard InChI is InChI=1S/C53H58N2O11S2/c56-21-28-5-1-4-27(12-28)13-29-14-38-43(60)33-7-2-8-39-42(33)45(61)50(38,40(59)15-29)25-67-68-26-55-41-18-37-35(20-54-41)30-16-32-19-48(10-3-6-31(48)22-57)23-49(32,37)44-34(17-30)36-9-11-52(65-39)47(63)53(44,64)46(62)51(36,24-58)66-52/h1-2,4-5,7-8,12,14-15,18,22,30-32,34,36,38,44,46-47,54-56,58-59,62-64H,3,6,9-11,13,16-17,19-21,23-26H2. The Morgan fingerprint density at radius 1 is 0.956 bits per heavy atom. The molecule has 12 aliphatic rings. The summed E-state index contributed by atoms with van der Waals surface area (Å²) < 4.78 is 14.0. The summed E-state index contributed by atoms with van der Waals surface area (Å²) in [5, 5.41) is 81.5. The number of aliphatic hydroxyl groups excluding tert-OH is 5. The molecule has 8 N–H and O–H groups in total. The van der Waals surface area contributed by atoms with E-state index >= 15 is 9.59 Å². The number of carbonyl (C=O) groups is 3. The van der Waals surface area contributed by atoms with Gasteiger partial charge in [-0.2, -0.15) is 0 Å². The maximum Gasteiger partial charge on any atom is 0.240 e. The van der Waals surface area contributed by atoms with Crippen molar-refractivity contribution in [2.75, 3.05) is 24.8 Å². The number of carbonyl (C=O) groups excluding carboxylic acids is 3. The fourth-order valence-corrected chi connectivity index (χ4v) is 19.4. The quantitative estimate of drug-likeness (QED) is 0.143. The van der Waals surface area contributed by atoms with E-state index in [0.29, 0.717) is 43.7 Å². The molecule has 10 bridgehead atoms. The Balaban J connectivity index is 0.989. The number of hydrogen-bond acceptors (Lipinski definition) is 15. The number of Topliss-reactive ketones (excluding diaryl/α,β-unsaturated/α-hetero) is 2. The minimum Gasteiger partial charge on any atom is -0.511 e. The molecular formula is C53H58N2O11S2. The Bertz CT molecular complexity index is 2700. The largest absolute Gasteiger partial charge is 0.511 e. The monoisotopic (exact) mass is 962 g/mol. The minimum atomic E-state index is -2.30. The van der Waals surface area contributed by atoms with E-state index < -0.39 is 76.0 Å². The smallest absolute Gasteiger partial charge is 0.240 e. The van der Waals surface area contributed by atoms with Crippen LogP contribution in [0.1, 0.15) is 89.6 Å². The van der Waals surface area contributed by atoms with Gasteiger partial charge in [0.25, 0.3) is 0 Å². The van der Waals surface area contributed by atoms with Crippen LogP contribution >= 0.6 is 21.6 Å². The predicted octanol–water partition coefficient (Wildman–Crippen LogP) is 5.22. The molecule has 4 spiro atoms. The first-order valence-electron chi connectivity index (χ1n) is 24.6. The van der Waals surface area contributed by atoms with Crippen molar-refractivity contribution in [3.8, 4) is 5.75 Å². The zero-order chi connectivity index (χ0) is 46.8. The number of dihydropyridines is 1. The van der Waals surface area contributed by atoms with Gasteiger partial charge in [-0.05, 0) is 127 Å². The highest BCUT2D eigenvalue weighted by molar-refractivity contribution is 8.76. The molecule has 13 nitrogen and oxygen atoms in total. The van der Waals surface area contributed by atoms with E-state index in [1.54, 1.807) is 30.4 Å². The number of rotatable bonds is 5. The number of allylic oxidation sites excluding steroid dienone is 6. The van der Waals surface area contributed by atoms with Gasteiger partial charge in [-0.25, -0.2) is 0 Å². The summed E-state index contributed by atoms with van der Waals surface area (Å²) in [7, 11) is 2.85. The van der Waals surface area contributed by atoms with E-state index in [-0.39, 0.29) is 70.5 Å². The van der Waals surface area contributed by atoms with Crippen LogP contribution in [0.5, 0.6) is 5.75 Å². The van der Waals surface area contributed by atoms with E-state index in [4.69, 9.17) is 9.47 Å². The molecule has 2 aromatic carbocycles. The van der Waals surface area contributed by atoms with Gasteiger partial charge >= 0.3 is 0 Å². The molecule has 0 aromatic heterocycles. The van der Waals surface area contributed by atoms with Gasteiger partial charge < -0.3 is 55.5 Å². The topological polar surface area (TPSA) is 215 Å². The van der Waals surface area contributed by atoms with Gasteiger partial charge in [-0.3, -0.25) is 9.59 Å². The third-order valence-electron chi connectivity index (χ3n) is 19.6. The summed E-state index contributed by atoms with van der Waals surface area (Å²) in [5.41, 5.74) is -2.20. The second-order valence-electron chi connectivity index (χ2n) is 22.2. The Hall–Kier alpha value is -3.93. The molecule has 68 heavy (non-hydrogen) atoms. The van der Waals surface area contributed by atoms with Crippen LogP contribution in [-0.4, -0.2) is 102 Å². The summed E-state index contributed by atoms with van der Waals surface area (Å²) in [6, 6.07) is 12.2. The van der Waals surface area contributed by atoms with Crippen molar-refractivity contribution in [3.05, 3.63) is 111 Å². The van der Waals surface area contributed by atoms with Crippen molar-refractivity contribution < 1.29 is 54.5 Å². The van der Waals surface area contributed by atoms with Gasteiger partial charge in [-0.1, -0.05) is 70.5 Å². The highest BCUT2D eigenvalue weighted by Gasteiger charge is 2.84. The van der Waals surface area contributed by atoms with Gasteiger partial charge in [0.2, 0.25) is 5.79 Å². The van der Waals surface area contributed by atoms with E-state index in [1.165, 1.54) is 27.2 Å². The Morgan fingerprint density at radius 2 is 1.79 bits per heavy atom. The van der Waals surface area contributed by atoms with Gasteiger partial charge in [0.05, 0.1) is 36.4 Å². The van der Waals surface area contributed by atoms with Crippen LogP contribution in [0.3, 0.4) is 0 Å². The lowest BCUT2D eigenvalue weighted by Gasteiger charge is -2.72. The molecule has 4 heterocycles. The molecular weight excluding hydrogens is 905 g/mol. The first kappa shape index (κ1) is 44.0. The summed E-state index contributed by atoms with van der Waals surface area (Å²) in [6.07, 6.45) is 9.43. The van der Waals surface area contributed by atoms with Gasteiger partial charge in [0, 0.05) is 41.5 Å². The number of hydrogen-bond donors (Lipinski definition) is 8. The van der Waals surface area contributed by atoms with Crippen molar-refractivity contribution in [2.45, 2.75) is 100 Å². The van der Waals surface area contributed by atoms with Gasteiger partial charge in [-0.15, -0.1) is 0 Å². The number of ether oxygens (including phenoxy) is 2. The molecule has 0 amide bonds. The van der Waals surface area contributed by atoms with Crippen molar-refractivity contribution in [1.29, 1.82) is 0 Å². The van der Waals surface area contributed by atoms with E-state index in [1.807, 2.05) is 24.3 Å². The molecule has 0 radical (unpaired) electrons. The summed E-state index contributed by atoms with van der Waals surface area (Å²) in [5.74, 6) is -4.62. The molecule has 15 unspecified atom stereocenters. The van der Waals surface area contributed by atoms with Crippen molar-refractivity contribution >= 4 is 39.4 Å². The number of aliphatic hydroxyl groups is 6. The predicted molar refractivity (Wildman–Crippen MR) is 252 cm³/mol. The molecule has 14 rings (SSSR count). The van der Waals surface area contributed by atoms with Crippen LogP contribution < -0.4 is 15.4 Å². The number of aldehydes is 1. The molecule has 4 saturated carbocycles. The van der Waals surface area contributed by atoms with Crippen molar-refractivity contribution in [2.24, 2.45) is 57.7 Å². The third kappa shape index (κ3) is 5.45. The Kier molecular flexibility index (Phi) is 9.75. The van der Waals surface area contributed by atoms with Crippen molar-refractivity contribution in [3.63, 3.8) is 0 Å². The highest BCUT2D eigenvalue weighted by atomic mass is 33.1. The Morgan fingerprint density at radius 3 is 2.62 bits per heavy atom. The maximum absolute atomic E-state index is 15.7. The molecule has 2 aromatic rings. The van der Waals surface area contributed by atoms with Crippen LogP contribution in [0.4, 0.5) is 0 Å². The SMILES string of the molecule is O=CC1CCCC12CC1CC3CC4C5CCC67Oc8cccc9c8C(=O)C8(CSSCNC%10=CC(=C3CN%10)C1(C2)C4C(O)(C6O)C(O)C5(CO)O7)C(O)=CC(Cc1cccc(CO)c1)=CC8C9=O. The number of benzene rings is 2. The molecule has 15 atom stereocenters. The van der Waals surface area contributed by atoms with Crippen LogP contribution in [0.25, 0.3) is 0 Å². The maximum atomic E-state index is 15.7. The Labute approximate surface area is 402 Å². The summed E-state index contributed by atoms with van der Waals surface area (Å²) in [6.45, 7) is -0.235. The van der Waals surface area contributed by atoms with E-state index in [0.717, 1.165) is 60.9 Å². The minimum absolute atomic E-state index is 0.0251. The number of ketones is 2. The van der Waals surface area contributed by atoms with Crippen LogP contribution in [0.15, 0.2) is 89.0 Å². The molecule has 6 fully saturated rings. The fourth-order valence-electron chi connectivity index (χ4n) is 17.1. The zero-order valence-electron chi connectivity index (χ0n) is 37.7. The molecule has 358 valence electrons. The molecule has 8 aliphatic carbocycles. The zero-order valence-corrected chi connectivity index (χ0v) is 39.3. The van der Waals surface area contributed by atoms with Gasteiger partial charge in [0.15, 0.2) is 17.7 Å². The van der Waals surface area contributed by atoms with Gasteiger partial charge in [0.1, 0.15) is 40.5 Å². The van der Waals surface area contributed by atoms with Crippen molar-refractivity contribution in [1.82, 2.24) is 10.6 Å². The fraction of sp³-hybridized carbons (Fsp3) is 0.566. The lowest BCUT2D eigenvalue weighted by molar-refractivity contribution is -0.461. The van der Waals surface area contributed by atoms with Crippen LogP contribution in [0.2, 0.25) is 0 Å². The lowest BCUT2D eigenvalue weighted by atomic mass is 9.42. The average Bonchev–Trinajstić information content (AvgIpc) is 3.83. The normalized spacial score (nSPS) is 44.8. The first-order valence-corrected chi connectivity index (χ1v) is 27.0. The van der Waals surface area contributed by atoms with Crippen LogP contribution in [0, 0.1) is 57.7 Å². The van der Waals surface area contributed by atoms with E-state index in [9.17, 15) is 35.4 Å². The second-order valence-corrected chi connectivity index (χ2v) is 24.7. The molecule has 4 aliphatic heterocycles. The van der Waals surface area contributed by atoms with E-state index in [2.05, 4.69) is 16.7 Å². The molecule has 2 saturated heterocycles. The summed E-state index contributed by atoms with van der Waals surface area (Å²) in [4.78, 5) is 43.8. The average molecular weight is 963 g/mol. The third-order valence-corrected chi connectivity index (χ3v) is 21.8.